The summed E-state index contributed by atoms with van der Waals surface area (Å²) in [6.45, 7) is 5.19. The van der Waals surface area contributed by atoms with Crippen molar-refractivity contribution in [3.8, 4) is 0 Å². The summed E-state index contributed by atoms with van der Waals surface area (Å²) < 4.78 is 27.2. The number of aryl methyl sites for hydroxylation is 1. The maximum Gasteiger partial charge on any atom is 0.264 e. The van der Waals surface area contributed by atoms with Crippen LogP contribution in [0.4, 0.5) is 5.69 Å². The van der Waals surface area contributed by atoms with E-state index in [9.17, 15) is 13.2 Å². The van der Waals surface area contributed by atoms with E-state index in [2.05, 4.69) is 11.9 Å². The third kappa shape index (κ3) is 4.61. The SMILES string of the molecule is C=CCNC(=O)CN(c1cc(Cl)ccc1C)S(=O)(=O)c1ccccc1. The quantitative estimate of drug-likeness (QED) is 0.752. The van der Waals surface area contributed by atoms with Gasteiger partial charge in [-0.25, -0.2) is 8.42 Å². The van der Waals surface area contributed by atoms with Gasteiger partial charge in [0, 0.05) is 11.6 Å². The van der Waals surface area contributed by atoms with Crippen LogP contribution in [0.15, 0.2) is 66.1 Å². The number of anilines is 1. The molecule has 5 nitrogen and oxygen atoms in total. The third-order valence-corrected chi connectivity index (χ3v) is 5.51. The zero-order valence-electron chi connectivity index (χ0n) is 13.8. The van der Waals surface area contributed by atoms with Gasteiger partial charge >= 0.3 is 0 Å². The van der Waals surface area contributed by atoms with Crippen LogP contribution in [-0.4, -0.2) is 27.4 Å². The standard InChI is InChI=1S/C18H19ClN2O3S/c1-3-11-20-18(22)13-21(17-12-15(19)10-9-14(17)2)25(23,24)16-7-5-4-6-8-16/h3-10,12H,1,11,13H2,2H3,(H,20,22). The van der Waals surface area contributed by atoms with E-state index in [1.807, 2.05) is 0 Å². The molecule has 0 aromatic heterocycles. The topological polar surface area (TPSA) is 66.5 Å². The van der Waals surface area contributed by atoms with Gasteiger partial charge in [-0.15, -0.1) is 6.58 Å². The van der Waals surface area contributed by atoms with E-state index in [1.165, 1.54) is 24.3 Å². The maximum atomic E-state index is 13.1. The van der Waals surface area contributed by atoms with E-state index in [-0.39, 0.29) is 18.0 Å². The molecule has 2 aromatic carbocycles. The van der Waals surface area contributed by atoms with Crippen molar-refractivity contribution in [2.24, 2.45) is 0 Å². The second kappa shape index (κ2) is 8.18. The molecule has 0 aliphatic rings. The van der Waals surface area contributed by atoms with Gasteiger partial charge in [0.2, 0.25) is 5.91 Å². The second-order valence-electron chi connectivity index (χ2n) is 5.35. The number of benzene rings is 2. The second-order valence-corrected chi connectivity index (χ2v) is 7.65. The Morgan fingerprint density at radius 3 is 2.56 bits per heavy atom. The lowest BCUT2D eigenvalue weighted by Crippen LogP contribution is -2.41. The third-order valence-electron chi connectivity index (χ3n) is 3.50. The first-order valence-corrected chi connectivity index (χ1v) is 9.39. The average molecular weight is 379 g/mol. The van der Waals surface area contributed by atoms with Gasteiger partial charge in [0.15, 0.2) is 0 Å². The van der Waals surface area contributed by atoms with Gasteiger partial charge in [0.05, 0.1) is 10.6 Å². The molecular formula is C18H19ClN2O3S. The van der Waals surface area contributed by atoms with Gasteiger partial charge in [0.1, 0.15) is 6.54 Å². The monoisotopic (exact) mass is 378 g/mol. The normalized spacial score (nSPS) is 11.0. The van der Waals surface area contributed by atoms with Crippen LogP contribution in [0.1, 0.15) is 5.56 Å². The van der Waals surface area contributed by atoms with Crippen molar-refractivity contribution in [2.45, 2.75) is 11.8 Å². The Balaban J connectivity index is 2.50. The highest BCUT2D eigenvalue weighted by atomic mass is 35.5. The van der Waals surface area contributed by atoms with E-state index in [0.717, 1.165) is 4.31 Å². The van der Waals surface area contributed by atoms with E-state index in [1.54, 1.807) is 37.3 Å². The van der Waals surface area contributed by atoms with Crippen LogP contribution in [0.2, 0.25) is 5.02 Å². The molecule has 2 rings (SSSR count). The summed E-state index contributed by atoms with van der Waals surface area (Å²) in [5, 5.41) is 2.98. The number of carbonyl (C=O) groups excluding carboxylic acids is 1. The molecule has 0 bridgehead atoms. The number of carbonyl (C=O) groups is 1. The van der Waals surface area contributed by atoms with Crippen molar-refractivity contribution in [3.63, 3.8) is 0 Å². The molecule has 7 heteroatoms. The van der Waals surface area contributed by atoms with Crippen LogP contribution in [-0.2, 0) is 14.8 Å². The lowest BCUT2D eigenvalue weighted by atomic mass is 10.2. The first-order chi connectivity index (χ1) is 11.9. The molecule has 0 fully saturated rings. The molecule has 1 amide bonds. The highest BCUT2D eigenvalue weighted by Gasteiger charge is 2.28. The van der Waals surface area contributed by atoms with Crippen LogP contribution >= 0.6 is 11.6 Å². The van der Waals surface area contributed by atoms with E-state index < -0.39 is 15.9 Å². The van der Waals surface area contributed by atoms with Crippen molar-refractivity contribution in [1.29, 1.82) is 0 Å². The summed E-state index contributed by atoms with van der Waals surface area (Å²) >= 11 is 6.04. The van der Waals surface area contributed by atoms with Gasteiger partial charge in [0.25, 0.3) is 10.0 Å². The number of rotatable bonds is 7. The van der Waals surface area contributed by atoms with Crippen molar-refractivity contribution >= 4 is 33.2 Å². The molecule has 132 valence electrons. The number of sulfonamides is 1. The average Bonchev–Trinajstić information content (AvgIpc) is 2.60. The Kier molecular flexibility index (Phi) is 6.22. The Hall–Kier alpha value is -2.31. The van der Waals surface area contributed by atoms with Crippen molar-refractivity contribution < 1.29 is 13.2 Å². The minimum Gasteiger partial charge on any atom is -0.351 e. The molecule has 0 radical (unpaired) electrons. The molecule has 0 atom stereocenters. The number of amides is 1. The van der Waals surface area contributed by atoms with E-state index >= 15 is 0 Å². The first-order valence-electron chi connectivity index (χ1n) is 7.58. The molecule has 0 aliphatic heterocycles. The van der Waals surface area contributed by atoms with E-state index in [4.69, 9.17) is 11.6 Å². The zero-order chi connectivity index (χ0) is 18.4. The minimum absolute atomic E-state index is 0.103. The summed E-state index contributed by atoms with van der Waals surface area (Å²) in [5.74, 6) is -0.432. The molecule has 2 aromatic rings. The largest absolute Gasteiger partial charge is 0.351 e. The smallest absolute Gasteiger partial charge is 0.264 e. The summed E-state index contributed by atoms with van der Waals surface area (Å²) in [5.41, 5.74) is 1.06. The molecule has 0 unspecified atom stereocenters. The molecular weight excluding hydrogens is 360 g/mol. The molecule has 0 spiro atoms. The lowest BCUT2D eigenvalue weighted by molar-refractivity contribution is -0.119. The molecule has 1 N–H and O–H groups in total. The fourth-order valence-electron chi connectivity index (χ4n) is 2.24. The van der Waals surface area contributed by atoms with Gasteiger partial charge in [-0.3, -0.25) is 9.10 Å². The Bertz CT molecular complexity index is 867. The Morgan fingerprint density at radius 1 is 1.24 bits per heavy atom. The minimum atomic E-state index is -3.93. The predicted molar refractivity (Wildman–Crippen MR) is 100 cm³/mol. The van der Waals surface area contributed by atoms with Crippen molar-refractivity contribution in [1.82, 2.24) is 5.32 Å². The Labute approximate surface area is 153 Å². The summed E-state index contributed by atoms with van der Waals surface area (Å²) in [6.07, 6.45) is 1.53. The molecule has 0 heterocycles. The van der Waals surface area contributed by atoms with Gasteiger partial charge in [-0.1, -0.05) is 41.9 Å². The van der Waals surface area contributed by atoms with Crippen LogP contribution in [0.25, 0.3) is 0 Å². The van der Waals surface area contributed by atoms with Crippen LogP contribution in [0.5, 0.6) is 0 Å². The maximum absolute atomic E-state index is 13.1. The van der Waals surface area contributed by atoms with Gasteiger partial charge in [-0.05, 0) is 36.8 Å². The number of nitrogens with zero attached hydrogens (tertiary/aromatic N) is 1. The molecule has 0 saturated carbocycles. The van der Waals surface area contributed by atoms with Gasteiger partial charge < -0.3 is 5.32 Å². The van der Waals surface area contributed by atoms with Crippen LogP contribution < -0.4 is 9.62 Å². The predicted octanol–water partition coefficient (Wildman–Crippen LogP) is 3.15. The van der Waals surface area contributed by atoms with Crippen LogP contribution in [0.3, 0.4) is 0 Å². The van der Waals surface area contributed by atoms with E-state index in [0.29, 0.717) is 16.3 Å². The van der Waals surface area contributed by atoms with Crippen LogP contribution in [0, 0.1) is 6.92 Å². The Morgan fingerprint density at radius 2 is 1.92 bits per heavy atom. The lowest BCUT2D eigenvalue weighted by Gasteiger charge is -2.25. The fourth-order valence-corrected chi connectivity index (χ4v) is 3.91. The van der Waals surface area contributed by atoms with Gasteiger partial charge in [-0.2, -0.15) is 0 Å². The molecule has 0 saturated heterocycles. The number of hydrogen-bond donors (Lipinski definition) is 1. The number of halogens is 1. The molecule has 25 heavy (non-hydrogen) atoms. The fraction of sp³-hybridized carbons (Fsp3) is 0.167. The summed E-state index contributed by atoms with van der Waals surface area (Å²) in [7, 11) is -3.93. The summed E-state index contributed by atoms with van der Waals surface area (Å²) in [6, 6.07) is 12.9. The first kappa shape index (κ1) is 19.0. The van der Waals surface area contributed by atoms with Crippen molar-refractivity contribution in [3.05, 3.63) is 71.8 Å². The summed E-state index contributed by atoms with van der Waals surface area (Å²) in [4.78, 5) is 12.3. The number of nitrogens with one attached hydrogen (secondary N) is 1. The number of hydrogen-bond acceptors (Lipinski definition) is 3. The zero-order valence-corrected chi connectivity index (χ0v) is 15.3. The molecule has 0 aliphatic carbocycles. The van der Waals surface area contributed by atoms with Crippen molar-refractivity contribution in [2.75, 3.05) is 17.4 Å². The highest BCUT2D eigenvalue weighted by Crippen LogP contribution is 2.29. The highest BCUT2D eigenvalue weighted by molar-refractivity contribution is 7.92.